The Kier molecular flexibility index (Phi) is 5.30. The number of carbonyl (C=O) groups is 2. The van der Waals surface area contributed by atoms with Crippen LogP contribution in [0.15, 0.2) is 59.4 Å². The maximum atomic E-state index is 12.8. The fourth-order valence-electron chi connectivity index (χ4n) is 2.88. The zero-order valence-electron chi connectivity index (χ0n) is 15.0. The van der Waals surface area contributed by atoms with Gasteiger partial charge in [0.2, 0.25) is 0 Å². The Balaban J connectivity index is 1.94. The number of esters is 1. The molecule has 0 radical (unpaired) electrons. The first kappa shape index (κ1) is 18.3. The summed E-state index contributed by atoms with van der Waals surface area (Å²) < 4.78 is 5.94. The molecule has 0 fully saturated rings. The molecule has 1 N–H and O–H groups in total. The molecule has 0 saturated carbocycles. The lowest BCUT2D eigenvalue weighted by molar-refractivity contribution is -0.142. The van der Waals surface area contributed by atoms with Crippen molar-refractivity contribution in [1.29, 1.82) is 0 Å². The van der Waals surface area contributed by atoms with E-state index in [4.69, 9.17) is 4.74 Å². The van der Waals surface area contributed by atoms with E-state index in [9.17, 15) is 14.4 Å². The van der Waals surface area contributed by atoms with Gasteiger partial charge in [-0.3, -0.25) is 9.59 Å². The highest BCUT2D eigenvalue weighted by Crippen LogP contribution is 2.14. The second-order valence-electron chi connectivity index (χ2n) is 6.06. The van der Waals surface area contributed by atoms with Crippen LogP contribution in [-0.4, -0.2) is 34.8 Å². The van der Waals surface area contributed by atoms with Gasteiger partial charge in [-0.1, -0.05) is 48.5 Å². The highest BCUT2D eigenvalue weighted by molar-refractivity contribution is 6.05. The predicted octanol–water partition coefficient (Wildman–Crippen LogP) is 1.45. The SMILES string of the molecule is COC(=O)[C@H](Cc1ccccc1)NC(=O)c1nn(C)c(=O)c2ccccc12. The summed E-state index contributed by atoms with van der Waals surface area (Å²) in [7, 11) is 2.75. The molecular formula is C20H19N3O4. The van der Waals surface area contributed by atoms with Crippen molar-refractivity contribution in [3.05, 3.63) is 76.2 Å². The highest BCUT2D eigenvalue weighted by Gasteiger charge is 2.25. The summed E-state index contributed by atoms with van der Waals surface area (Å²) in [6.07, 6.45) is 0.281. The van der Waals surface area contributed by atoms with E-state index in [2.05, 4.69) is 10.4 Å². The van der Waals surface area contributed by atoms with Crippen LogP contribution in [0, 0.1) is 0 Å². The molecular weight excluding hydrogens is 346 g/mol. The van der Waals surface area contributed by atoms with E-state index >= 15 is 0 Å². The van der Waals surface area contributed by atoms with E-state index in [1.165, 1.54) is 14.2 Å². The van der Waals surface area contributed by atoms with Crippen LogP contribution < -0.4 is 10.9 Å². The minimum absolute atomic E-state index is 0.0784. The number of fused-ring (bicyclic) bond motifs is 1. The third-order valence-electron chi connectivity index (χ3n) is 4.25. The Morgan fingerprint density at radius 1 is 1.07 bits per heavy atom. The van der Waals surface area contributed by atoms with E-state index in [0.717, 1.165) is 10.2 Å². The molecule has 0 unspecified atom stereocenters. The summed E-state index contributed by atoms with van der Waals surface area (Å²) >= 11 is 0. The van der Waals surface area contributed by atoms with Crippen molar-refractivity contribution in [2.24, 2.45) is 7.05 Å². The number of amides is 1. The number of aromatic nitrogens is 2. The van der Waals surface area contributed by atoms with Crippen LogP contribution in [-0.2, 0) is 23.0 Å². The summed E-state index contributed by atoms with van der Waals surface area (Å²) in [5.41, 5.74) is 0.664. The van der Waals surface area contributed by atoms with Crippen LogP contribution in [0.4, 0.5) is 0 Å². The van der Waals surface area contributed by atoms with Gasteiger partial charge in [0.15, 0.2) is 5.69 Å². The number of hydrogen-bond donors (Lipinski definition) is 1. The van der Waals surface area contributed by atoms with Gasteiger partial charge >= 0.3 is 5.97 Å². The molecule has 1 aromatic heterocycles. The number of hydrogen-bond acceptors (Lipinski definition) is 5. The van der Waals surface area contributed by atoms with Gasteiger partial charge in [-0.25, -0.2) is 9.48 Å². The number of carbonyl (C=O) groups excluding carboxylic acids is 2. The molecule has 0 spiro atoms. The van der Waals surface area contributed by atoms with Crippen molar-refractivity contribution >= 4 is 22.6 Å². The highest BCUT2D eigenvalue weighted by atomic mass is 16.5. The summed E-state index contributed by atoms with van der Waals surface area (Å²) in [6.45, 7) is 0. The molecule has 1 amide bonds. The van der Waals surface area contributed by atoms with Crippen molar-refractivity contribution in [3.8, 4) is 0 Å². The zero-order chi connectivity index (χ0) is 19.4. The number of ether oxygens (including phenoxy) is 1. The smallest absolute Gasteiger partial charge is 0.328 e. The third kappa shape index (κ3) is 3.87. The average molecular weight is 365 g/mol. The lowest BCUT2D eigenvalue weighted by atomic mass is 10.1. The minimum atomic E-state index is -0.873. The van der Waals surface area contributed by atoms with Gasteiger partial charge in [-0.15, -0.1) is 0 Å². The first-order valence-corrected chi connectivity index (χ1v) is 8.40. The summed E-state index contributed by atoms with van der Waals surface area (Å²) in [6, 6.07) is 15.2. The second kappa shape index (κ2) is 7.82. The number of aryl methyl sites for hydroxylation is 1. The van der Waals surface area contributed by atoms with Gasteiger partial charge in [0.05, 0.1) is 12.5 Å². The van der Waals surface area contributed by atoms with Crippen LogP contribution >= 0.6 is 0 Å². The molecule has 138 valence electrons. The Hall–Kier alpha value is -3.48. The van der Waals surface area contributed by atoms with Gasteiger partial charge in [-0.2, -0.15) is 5.10 Å². The molecule has 2 aromatic carbocycles. The third-order valence-corrected chi connectivity index (χ3v) is 4.25. The molecule has 0 saturated heterocycles. The number of benzene rings is 2. The summed E-state index contributed by atoms with van der Waals surface area (Å²) in [5, 5.41) is 7.58. The Bertz CT molecular complexity index is 1040. The molecule has 3 aromatic rings. The number of nitrogens with one attached hydrogen (secondary N) is 1. The minimum Gasteiger partial charge on any atom is -0.467 e. The lowest BCUT2D eigenvalue weighted by Gasteiger charge is -2.17. The molecule has 7 nitrogen and oxygen atoms in total. The van der Waals surface area contributed by atoms with Crippen molar-refractivity contribution < 1.29 is 14.3 Å². The number of nitrogens with zero attached hydrogens (tertiary/aromatic N) is 2. The molecule has 0 aliphatic heterocycles. The molecule has 1 atom stereocenters. The van der Waals surface area contributed by atoms with Crippen LogP contribution in [0.5, 0.6) is 0 Å². The monoisotopic (exact) mass is 365 g/mol. The Morgan fingerprint density at radius 3 is 2.37 bits per heavy atom. The standard InChI is InChI=1S/C20H19N3O4/c1-23-19(25)15-11-7-6-10-14(15)17(22-23)18(24)21-16(20(26)27-2)12-13-8-4-3-5-9-13/h3-11,16H,12H2,1-2H3,(H,21,24)/t16-/m0/s1. The molecule has 0 aliphatic carbocycles. The van der Waals surface area contributed by atoms with Gasteiger partial charge in [-0.05, 0) is 11.6 Å². The normalized spacial score (nSPS) is 11.8. The predicted molar refractivity (Wildman–Crippen MR) is 100 cm³/mol. The lowest BCUT2D eigenvalue weighted by Crippen LogP contribution is -2.44. The molecule has 0 aliphatic rings. The van der Waals surface area contributed by atoms with E-state index in [0.29, 0.717) is 10.8 Å². The fraction of sp³-hybridized carbons (Fsp3) is 0.200. The molecule has 1 heterocycles. The Morgan fingerprint density at radius 2 is 1.70 bits per heavy atom. The largest absolute Gasteiger partial charge is 0.467 e. The molecule has 3 rings (SSSR count). The van der Waals surface area contributed by atoms with Crippen LogP contribution in [0.2, 0.25) is 0 Å². The van der Waals surface area contributed by atoms with Crippen LogP contribution in [0.3, 0.4) is 0 Å². The molecule has 0 bridgehead atoms. The van der Waals surface area contributed by atoms with E-state index in [-0.39, 0.29) is 17.7 Å². The van der Waals surface area contributed by atoms with Crippen LogP contribution in [0.1, 0.15) is 16.1 Å². The second-order valence-corrected chi connectivity index (χ2v) is 6.06. The average Bonchev–Trinajstić information content (AvgIpc) is 2.70. The fourth-order valence-corrected chi connectivity index (χ4v) is 2.88. The summed E-state index contributed by atoms with van der Waals surface area (Å²) in [4.78, 5) is 37.2. The number of rotatable bonds is 5. The van der Waals surface area contributed by atoms with Crippen molar-refractivity contribution in [3.63, 3.8) is 0 Å². The maximum absolute atomic E-state index is 12.8. The topological polar surface area (TPSA) is 90.3 Å². The Labute approximate surface area is 155 Å². The van der Waals surface area contributed by atoms with Gasteiger partial charge in [0, 0.05) is 18.9 Å². The van der Waals surface area contributed by atoms with Gasteiger partial charge in [0.25, 0.3) is 11.5 Å². The van der Waals surface area contributed by atoms with Crippen LogP contribution in [0.25, 0.3) is 10.8 Å². The van der Waals surface area contributed by atoms with Crippen molar-refractivity contribution in [2.45, 2.75) is 12.5 Å². The zero-order valence-corrected chi connectivity index (χ0v) is 15.0. The van der Waals surface area contributed by atoms with E-state index in [1.54, 1.807) is 24.3 Å². The first-order chi connectivity index (χ1) is 13.0. The first-order valence-electron chi connectivity index (χ1n) is 8.40. The molecule has 7 heteroatoms. The van der Waals surface area contributed by atoms with E-state index in [1.807, 2.05) is 30.3 Å². The maximum Gasteiger partial charge on any atom is 0.328 e. The van der Waals surface area contributed by atoms with Crippen molar-refractivity contribution in [2.75, 3.05) is 7.11 Å². The number of methoxy groups -OCH3 is 1. The van der Waals surface area contributed by atoms with E-state index < -0.39 is 17.9 Å². The van der Waals surface area contributed by atoms with Gasteiger partial charge in [0.1, 0.15) is 6.04 Å². The summed E-state index contributed by atoms with van der Waals surface area (Å²) in [5.74, 6) is -1.10. The quantitative estimate of drug-likeness (QED) is 0.691. The van der Waals surface area contributed by atoms with Crippen molar-refractivity contribution in [1.82, 2.24) is 15.1 Å². The van der Waals surface area contributed by atoms with Gasteiger partial charge < -0.3 is 10.1 Å². The molecule has 27 heavy (non-hydrogen) atoms.